The minimum atomic E-state index is -0.551. The average molecular weight is 345 g/mol. The predicted octanol–water partition coefficient (Wildman–Crippen LogP) is 2.67. The van der Waals surface area contributed by atoms with Crippen molar-refractivity contribution < 1.29 is 23.8 Å². The van der Waals surface area contributed by atoms with Gasteiger partial charge in [0.25, 0.3) is 5.91 Å². The van der Waals surface area contributed by atoms with Gasteiger partial charge in [0, 0.05) is 12.1 Å². The van der Waals surface area contributed by atoms with E-state index in [1.807, 2.05) is 6.07 Å². The van der Waals surface area contributed by atoms with Crippen molar-refractivity contribution in [2.45, 2.75) is 38.6 Å². The number of fused-ring (bicyclic) bond motifs is 1. The van der Waals surface area contributed by atoms with Gasteiger partial charge in [0.2, 0.25) is 6.79 Å². The third-order valence-corrected chi connectivity index (χ3v) is 4.61. The molecule has 2 aliphatic rings. The average Bonchev–Trinajstić information content (AvgIpc) is 3.08. The molecule has 0 unspecified atom stereocenters. The fourth-order valence-corrected chi connectivity index (χ4v) is 3.14. The van der Waals surface area contributed by atoms with Crippen LogP contribution in [0.2, 0.25) is 0 Å². The molecule has 1 fully saturated rings. The summed E-state index contributed by atoms with van der Waals surface area (Å²) in [6.07, 6.45) is 7.38. The molecule has 134 valence electrons. The highest BCUT2D eigenvalue weighted by molar-refractivity contribution is 5.89. The summed E-state index contributed by atoms with van der Waals surface area (Å²) in [6.45, 7) is 2.09. The molecule has 0 radical (unpaired) electrons. The van der Waals surface area contributed by atoms with Crippen LogP contribution >= 0.6 is 0 Å². The highest BCUT2D eigenvalue weighted by Gasteiger charge is 2.23. The Balaban J connectivity index is 1.43. The molecule has 0 spiro atoms. The van der Waals surface area contributed by atoms with Gasteiger partial charge in [-0.2, -0.15) is 0 Å². The molecule has 0 bridgehead atoms. The molecule has 1 aromatic carbocycles. The highest BCUT2D eigenvalue weighted by Crippen LogP contribution is 2.32. The number of carbonyl (C=O) groups excluding carboxylic acids is 2. The van der Waals surface area contributed by atoms with Crippen molar-refractivity contribution in [3.05, 3.63) is 29.8 Å². The Bertz CT molecular complexity index is 670. The highest BCUT2D eigenvalue weighted by atomic mass is 16.7. The quantitative estimate of drug-likeness (QED) is 0.656. The third kappa shape index (κ3) is 4.75. The second kappa shape index (κ2) is 8.05. The zero-order chi connectivity index (χ0) is 17.6. The van der Waals surface area contributed by atoms with Crippen molar-refractivity contribution in [1.82, 2.24) is 5.32 Å². The predicted molar refractivity (Wildman–Crippen MR) is 92.1 cm³/mol. The fraction of sp³-hybridized carbons (Fsp3) is 0.474. The van der Waals surface area contributed by atoms with E-state index in [4.69, 9.17) is 14.2 Å². The maximum atomic E-state index is 11.9. The second-order valence-electron chi connectivity index (χ2n) is 6.49. The Kier molecular flexibility index (Phi) is 5.58. The van der Waals surface area contributed by atoms with Gasteiger partial charge in [-0.25, -0.2) is 4.79 Å². The van der Waals surface area contributed by atoms with Crippen LogP contribution in [0.15, 0.2) is 24.3 Å². The van der Waals surface area contributed by atoms with Crippen molar-refractivity contribution in [3.63, 3.8) is 0 Å². The molecule has 1 amide bonds. The van der Waals surface area contributed by atoms with Gasteiger partial charge in [-0.3, -0.25) is 4.79 Å². The molecule has 1 aromatic rings. The van der Waals surface area contributed by atoms with Crippen LogP contribution in [-0.2, 0) is 14.3 Å². The molecule has 6 nitrogen and oxygen atoms in total. The van der Waals surface area contributed by atoms with E-state index in [0.29, 0.717) is 17.4 Å². The second-order valence-corrected chi connectivity index (χ2v) is 6.49. The molecule has 1 aliphatic heterocycles. The van der Waals surface area contributed by atoms with E-state index < -0.39 is 5.97 Å². The first-order valence-corrected chi connectivity index (χ1v) is 8.65. The van der Waals surface area contributed by atoms with Crippen LogP contribution in [0.3, 0.4) is 0 Å². The van der Waals surface area contributed by atoms with Gasteiger partial charge in [-0.15, -0.1) is 0 Å². The zero-order valence-corrected chi connectivity index (χ0v) is 14.3. The van der Waals surface area contributed by atoms with Gasteiger partial charge in [0.05, 0.1) is 0 Å². The summed E-state index contributed by atoms with van der Waals surface area (Å²) in [5.74, 6) is 1.01. The fourth-order valence-electron chi connectivity index (χ4n) is 3.14. The van der Waals surface area contributed by atoms with Crippen LogP contribution in [-0.4, -0.2) is 31.3 Å². The van der Waals surface area contributed by atoms with Gasteiger partial charge in [-0.05, 0) is 42.5 Å². The number of hydrogen-bond acceptors (Lipinski definition) is 5. The summed E-state index contributed by atoms with van der Waals surface area (Å²) >= 11 is 0. The van der Waals surface area contributed by atoms with E-state index in [0.717, 1.165) is 24.8 Å². The lowest BCUT2D eigenvalue weighted by atomic mass is 9.86. The Morgan fingerprint density at radius 3 is 2.88 bits per heavy atom. The van der Waals surface area contributed by atoms with Crippen LogP contribution in [0.4, 0.5) is 0 Å². The lowest BCUT2D eigenvalue weighted by Gasteiger charge is -2.29. The van der Waals surface area contributed by atoms with Crippen LogP contribution in [0.5, 0.6) is 11.5 Å². The van der Waals surface area contributed by atoms with Crippen LogP contribution in [0, 0.1) is 5.92 Å². The number of rotatable bonds is 5. The molecular formula is C19H23NO5. The maximum absolute atomic E-state index is 11.9. The van der Waals surface area contributed by atoms with E-state index in [-0.39, 0.29) is 25.3 Å². The Morgan fingerprint density at radius 2 is 2.04 bits per heavy atom. The summed E-state index contributed by atoms with van der Waals surface area (Å²) in [6, 6.07) is 5.56. The van der Waals surface area contributed by atoms with Crippen LogP contribution in [0.1, 0.15) is 38.2 Å². The lowest BCUT2D eigenvalue weighted by Crippen LogP contribution is -2.42. The molecule has 0 saturated heterocycles. The van der Waals surface area contributed by atoms with Gasteiger partial charge in [0.15, 0.2) is 18.1 Å². The number of hydrogen-bond donors (Lipinski definition) is 1. The van der Waals surface area contributed by atoms with Crippen LogP contribution < -0.4 is 14.8 Å². The largest absolute Gasteiger partial charge is 0.454 e. The number of esters is 1. The van der Waals surface area contributed by atoms with Crippen molar-refractivity contribution in [3.8, 4) is 11.5 Å². The Labute approximate surface area is 147 Å². The first-order valence-electron chi connectivity index (χ1n) is 8.65. The van der Waals surface area contributed by atoms with E-state index in [9.17, 15) is 9.59 Å². The minimum absolute atomic E-state index is 0.184. The van der Waals surface area contributed by atoms with Gasteiger partial charge >= 0.3 is 5.97 Å². The minimum Gasteiger partial charge on any atom is -0.454 e. The van der Waals surface area contributed by atoms with Crippen molar-refractivity contribution in [1.29, 1.82) is 0 Å². The topological polar surface area (TPSA) is 73.9 Å². The monoisotopic (exact) mass is 345 g/mol. The van der Waals surface area contributed by atoms with Crippen molar-refractivity contribution in [2.24, 2.45) is 5.92 Å². The van der Waals surface area contributed by atoms with Crippen molar-refractivity contribution in [2.75, 3.05) is 13.4 Å². The first-order chi connectivity index (χ1) is 12.1. The lowest BCUT2D eigenvalue weighted by molar-refractivity contribution is -0.144. The summed E-state index contributed by atoms with van der Waals surface area (Å²) < 4.78 is 15.5. The van der Waals surface area contributed by atoms with Crippen molar-refractivity contribution >= 4 is 18.0 Å². The molecule has 1 aliphatic carbocycles. The maximum Gasteiger partial charge on any atom is 0.331 e. The SMILES string of the molecule is C[C@H]1CCCC[C@H]1NC(=O)COC(=O)/C=C/c1ccc2c(c1)OCO2. The number of benzene rings is 1. The standard InChI is InChI=1S/C19H23NO5/c1-13-4-2-3-5-15(13)20-18(21)11-23-19(22)9-7-14-6-8-16-17(10-14)25-12-24-16/h6-10,13,15H,2-5,11-12H2,1H3,(H,20,21)/b9-7+/t13-,15+/m0/s1. The van der Waals surface area contributed by atoms with Crippen LogP contribution in [0.25, 0.3) is 6.08 Å². The number of carbonyl (C=O) groups is 2. The third-order valence-electron chi connectivity index (χ3n) is 4.61. The van der Waals surface area contributed by atoms with E-state index >= 15 is 0 Å². The molecule has 1 heterocycles. The first kappa shape index (κ1) is 17.3. The smallest absolute Gasteiger partial charge is 0.331 e. The van der Waals surface area contributed by atoms with E-state index in [2.05, 4.69) is 12.2 Å². The van der Waals surface area contributed by atoms with E-state index in [1.165, 1.54) is 12.5 Å². The number of ether oxygens (including phenoxy) is 3. The summed E-state index contributed by atoms with van der Waals surface area (Å²) in [7, 11) is 0. The Morgan fingerprint density at radius 1 is 1.24 bits per heavy atom. The zero-order valence-electron chi connectivity index (χ0n) is 14.3. The summed E-state index contributed by atoms with van der Waals surface area (Å²) in [4.78, 5) is 23.7. The summed E-state index contributed by atoms with van der Waals surface area (Å²) in [5, 5.41) is 2.96. The number of amides is 1. The van der Waals surface area contributed by atoms with Gasteiger partial charge in [-0.1, -0.05) is 25.8 Å². The molecule has 2 atom stereocenters. The van der Waals surface area contributed by atoms with E-state index in [1.54, 1.807) is 18.2 Å². The number of nitrogens with one attached hydrogen (secondary N) is 1. The molecule has 1 saturated carbocycles. The molecule has 3 rings (SSSR count). The molecule has 1 N–H and O–H groups in total. The normalized spacial score (nSPS) is 22.0. The molecule has 25 heavy (non-hydrogen) atoms. The Hall–Kier alpha value is -2.50. The summed E-state index contributed by atoms with van der Waals surface area (Å²) in [5.41, 5.74) is 0.793. The molecule has 6 heteroatoms. The van der Waals surface area contributed by atoms with Gasteiger partial charge in [0.1, 0.15) is 0 Å². The molecular weight excluding hydrogens is 322 g/mol. The molecule has 0 aromatic heterocycles. The van der Waals surface area contributed by atoms with Gasteiger partial charge < -0.3 is 19.5 Å².